The number of nitrogens with zero attached hydrogens (tertiary/aromatic N) is 2. The lowest BCUT2D eigenvalue weighted by molar-refractivity contribution is -0.164. The van der Waals surface area contributed by atoms with Crippen LogP contribution in [0.4, 0.5) is 13.2 Å². The Balaban J connectivity index is 0.00000529. The third-order valence-corrected chi connectivity index (χ3v) is 4.03. The zero-order valence-electron chi connectivity index (χ0n) is 13.8. The van der Waals surface area contributed by atoms with Crippen molar-refractivity contribution in [1.29, 1.82) is 0 Å². The molecule has 1 aliphatic heterocycles. The molecule has 1 N–H and O–H groups in total. The molecule has 1 amide bonds. The van der Waals surface area contributed by atoms with Gasteiger partial charge in [-0.15, -0.1) is 12.4 Å². The Hall–Kier alpha value is -1.02. The van der Waals surface area contributed by atoms with Crippen molar-refractivity contribution < 1.29 is 27.9 Å². The van der Waals surface area contributed by atoms with Gasteiger partial charge in [-0.3, -0.25) is 9.59 Å². The second-order valence-electron chi connectivity index (χ2n) is 5.96. The summed E-state index contributed by atoms with van der Waals surface area (Å²) in [4.78, 5) is 25.7. The standard InChI is InChI=1S/C15H25F3N2O3.ClH/c1-2-20(11-15(16,17)18)14(23)12-6-5-9-19(10-12)8-4-3-7-13(21)22;/h12H,2-11H2,1H3,(H,21,22);1H. The Morgan fingerprint density at radius 3 is 2.50 bits per heavy atom. The molecule has 1 saturated heterocycles. The average molecular weight is 375 g/mol. The van der Waals surface area contributed by atoms with E-state index in [1.807, 2.05) is 0 Å². The molecule has 0 saturated carbocycles. The highest BCUT2D eigenvalue weighted by Gasteiger charge is 2.35. The molecule has 1 atom stereocenters. The van der Waals surface area contributed by atoms with Gasteiger partial charge in [0.25, 0.3) is 0 Å². The van der Waals surface area contributed by atoms with Crippen LogP contribution in [-0.2, 0) is 9.59 Å². The highest BCUT2D eigenvalue weighted by molar-refractivity contribution is 5.85. The van der Waals surface area contributed by atoms with Crippen LogP contribution in [-0.4, -0.2) is 65.7 Å². The number of halogens is 4. The summed E-state index contributed by atoms with van der Waals surface area (Å²) in [5, 5.41) is 8.59. The van der Waals surface area contributed by atoms with Crippen LogP contribution in [0, 0.1) is 5.92 Å². The summed E-state index contributed by atoms with van der Waals surface area (Å²) in [5.74, 6) is -1.66. The van der Waals surface area contributed by atoms with E-state index in [-0.39, 0.29) is 25.4 Å². The predicted molar refractivity (Wildman–Crippen MR) is 86.2 cm³/mol. The summed E-state index contributed by atoms with van der Waals surface area (Å²) in [6.07, 6.45) is -1.59. The van der Waals surface area contributed by atoms with Crippen LogP contribution in [0.3, 0.4) is 0 Å². The smallest absolute Gasteiger partial charge is 0.406 e. The van der Waals surface area contributed by atoms with Crippen LogP contribution in [0.15, 0.2) is 0 Å². The molecule has 0 aromatic carbocycles. The fourth-order valence-corrected chi connectivity index (χ4v) is 2.89. The minimum Gasteiger partial charge on any atom is -0.481 e. The summed E-state index contributed by atoms with van der Waals surface area (Å²) >= 11 is 0. The molecule has 1 heterocycles. The highest BCUT2D eigenvalue weighted by atomic mass is 35.5. The van der Waals surface area contributed by atoms with Gasteiger partial charge < -0.3 is 14.9 Å². The van der Waals surface area contributed by atoms with E-state index in [9.17, 15) is 22.8 Å². The van der Waals surface area contributed by atoms with E-state index >= 15 is 0 Å². The number of amides is 1. The maximum absolute atomic E-state index is 12.5. The van der Waals surface area contributed by atoms with Crippen LogP contribution in [0.2, 0.25) is 0 Å². The normalized spacial score (nSPS) is 18.8. The van der Waals surface area contributed by atoms with Gasteiger partial charge in [0, 0.05) is 19.5 Å². The molecule has 0 spiro atoms. The first kappa shape index (κ1) is 23.0. The van der Waals surface area contributed by atoms with Gasteiger partial charge in [-0.25, -0.2) is 0 Å². The van der Waals surface area contributed by atoms with Gasteiger partial charge in [0.2, 0.25) is 5.91 Å². The second kappa shape index (κ2) is 10.8. The third-order valence-electron chi connectivity index (χ3n) is 4.03. The number of piperidine rings is 1. The minimum atomic E-state index is -4.38. The van der Waals surface area contributed by atoms with Gasteiger partial charge in [0.05, 0.1) is 5.92 Å². The molecule has 0 radical (unpaired) electrons. The summed E-state index contributed by atoms with van der Waals surface area (Å²) in [6, 6.07) is 0. The molecule has 24 heavy (non-hydrogen) atoms. The third kappa shape index (κ3) is 8.73. The maximum atomic E-state index is 12.5. The number of aliphatic carboxylic acids is 1. The zero-order chi connectivity index (χ0) is 17.5. The molecule has 142 valence electrons. The fourth-order valence-electron chi connectivity index (χ4n) is 2.89. The molecular weight excluding hydrogens is 349 g/mol. The molecule has 9 heteroatoms. The molecular formula is C15H26ClF3N2O3. The largest absolute Gasteiger partial charge is 0.481 e. The van der Waals surface area contributed by atoms with Crippen molar-refractivity contribution in [3.63, 3.8) is 0 Å². The van der Waals surface area contributed by atoms with E-state index < -0.39 is 30.5 Å². The molecule has 5 nitrogen and oxygen atoms in total. The number of hydrogen-bond donors (Lipinski definition) is 1. The summed E-state index contributed by atoms with van der Waals surface area (Å²) in [5.41, 5.74) is 0. The lowest BCUT2D eigenvalue weighted by Crippen LogP contribution is -2.47. The molecule has 0 aliphatic carbocycles. The van der Waals surface area contributed by atoms with E-state index in [0.29, 0.717) is 32.4 Å². The highest BCUT2D eigenvalue weighted by Crippen LogP contribution is 2.22. The average Bonchev–Trinajstić information content (AvgIpc) is 2.47. The van der Waals surface area contributed by atoms with Crippen molar-refractivity contribution in [3.05, 3.63) is 0 Å². The van der Waals surface area contributed by atoms with Gasteiger partial charge in [-0.2, -0.15) is 13.2 Å². The zero-order valence-corrected chi connectivity index (χ0v) is 14.7. The lowest BCUT2D eigenvalue weighted by Gasteiger charge is -2.35. The summed E-state index contributed by atoms with van der Waals surface area (Å²) < 4.78 is 37.5. The van der Waals surface area contributed by atoms with Gasteiger partial charge in [-0.1, -0.05) is 0 Å². The number of hydrogen-bond acceptors (Lipinski definition) is 3. The monoisotopic (exact) mass is 374 g/mol. The van der Waals surface area contributed by atoms with E-state index in [1.165, 1.54) is 0 Å². The van der Waals surface area contributed by atoms with Crippen LogP contribution < -0.4 is 0 Å². The van der Waals surface area contributed by atoms with Crippen LogP contribution >= 0.6 is 12.4 Å². The topological polar surface area (TPSA) is 60.9 Å². The molecule has 1 fully saturated rings. The minimum absolute atomic E-state index is 0. The quantitative estimate of drug-likeness (QED) is 0.664. The van der Waals surface area contributed by atoms with Crippen molar-refractivity contribution >= 4 is 24.3 Å². The Morgan fingerprint density at radius 2 is 1.96 bits per heavy atom. The van der Waals surface area contributed by atoms with E-state index in [2.05, 4.69) is 4.90 Å². The molecule has 1 aliphatic rings. The summed E-state index contributed by atoms with van der Waals surface area (Å²) in [6.45, 7) is 2.35. The Labute approximate surface area is 146 Å². The number of carbonyl (C=O) groups excluding carboxylic acids is 1. The Kier molecular flexibility index (Phi) is 10.3. The van der Waals surface area contributed by atoms with Crippen molar-refractivity contribution in [1.82, 2.24) is 9.80 Å². The lowest BCUT2D eigenvalue weighted by atomic mass is 9.96. The SMILES string of the molecule is CCN(CC(F)(F)F)C(=O)C1CCCN(CCCCC(=O)O)C1.Cl. The molecule has 0 aromatic rings. The second-order valence-corrected chi connectivity index (χ2v) is 5.96. The van der Waals surface area contributed by atoms with Gasteiger partial charge in [0.15, 0.2) is 0 Å². The Bertz CT molecular complexity index is 408. The van der Waals surface area contributed by atoms with E-state index in [1.54, 1.807) is 6.92 Å². The van der Waals surface area contributed by atoms with E-state index in [0.717, 1.165) is 17.9 Å². The number of unbranched alkanes of at least 4 members (excludes halogenated alkanes) is 1. The summed E-state index contributed by atoms with van der Waals surface area (Å²) in [7, 11) is 0. The van der Waals surface area contributed by atoms with Gasteiger partial charge in [0.1, 0.15) is 6.54 Å². The first-order valence-corrected chi connectivity index (χ1v) is 8.02. The Morgan fingerprint density at radius 1 is 1.29 bits per heavy atom. The predicted octanol–water partition coefficient (Wildman–Crippen LogP) is 2.79. The van der Waals surface area contributed by atoms with Crippen molar-refractivity contribution in [3.8, 4) is 0 Å². The van der Waals surface area contributed by atoms with E-state index in [4.69, 9.17) is 5.11 Å². The van der Waals surface area contributed by atoms with Gasteiger partial charge in [-0.05, 0) is 45.7 Å². The number of rotatable bonds is 8. The van der Waals surface area contributed by atoms with Crippen LogP contribution in [0.1, 0.15) is 39.0 Å². The van der Waals surface area contributed by atoms with Crippen molar-refractivity contribution in [2.45, 2.75) is 45.2 Å². The molecule has 0 aromatic heterocycles. The fraction of sp³-hybridized carbons (Fsp3) is 0.867. The first-order valence-electron chi connectivity index (χ1n) is 8.02. The number of carbonyl (C=O) groups is 2. The molecule has 1 rings (SSSR count). The number of carboxylic acid groups (broad SMARTS) is 1. The first-order chi connectivity index (χ1) is 10.7. The van der Waals surface area contributed by atoms with Crippen molar-refractivity contribution in [2.75, 3.05) is 32.7 Å². The number of alkyl halides is 3. The van der Waals surface area contributed by atoms with Crippen LogP contribution in [0.25, 0.3) is 0 Å². The van der Waals surface area contributed by atoms with Crippen LogP contribution in [0.5, 0.6) is 0 Å². The maximum Gasteiger partial charge on any atom is 0.406 e. The molecule has 0 bridgehead atoms. The number of likely N-dealkylation sites (tertiary alicyclic amines) is 1. The molecule has 1 unspecified atom stereocenters. The van der Waals surface area contributed by atoms with Gasteiger partial charge >= 0.3 is 12.1 Å². The van der Waals surface area contributed by atoms with Crippen molar-refractivity contribution in [2.24, 2.45) is 5.92 Å². The number of carboxylic acids is 1.